The largest absolute Gasteiger partial charge is 0.379 e. The van der Waals surface area contributed by atoms with Gasteiger partial charge in [0, 0.05) is 25.0 Å². The number of hydrogen-bond donors (Lipinski definition) is 0. The van der Waals surface area contributed by atoms with E-state index in [9.17, 15) is 0 Å². The van der Waals surface area contributed by atoms with Crippen LogP contribution in [0.1, 0.15) is 18.5 Å². The summed E-state index contributed by atoms with van der Waals surface area (Å²) in [4.78, 5) is 11.7. The summed E-state index contributed by atoms with van der Waals surface area (Å²) in [6.45, 7) is 4.79. The molecular formula is C16H19N3O. The Balaban J connectivity index is 1.54. The van der Waals surface area contributed by atoms with Crippen molar-refractivity contribution in [2.24, 2.45) is 5.41 Å². The van der Waals surface area contributed by atoms with Gasteiger partial charge in [0.2, 0.25) is 0 Å². The van der Waals surface area contributed by atoms with Crippen LogP contribution in [0.2, 0.25) is 0 Å². The first-order chi connectivity index (χ1) is 9.83. The predicted molar refractivity (Wildman–Crippen MR) is 77.3 cm³/mol. The van der Waals surface area contributed by atoms with Crippen molar-refractivity contribution >= 4 is 11.0 Å². The van der Waals surface area contributed by atoms with E-state index in [1.54, 1.807) is 0 Å². The first-order valence-electron chi connectivity index (χ1n) is 7.34. The Morgan fingerprint density at radius 3 is 2.90 bits per heavy atom. The molecule has 2 fully saturated rings. The molecule has 1 aromatic carbocycles. The minimum Gasteiger partial charge on any atom is -0.379 e. The summed E-state index contributed by atoms with van der Waals surface area (Å²) in [6.07, 6.45) is 4.54. The molecule has 2 aliphatic rings. The lowest BCUT2D eigenvalue weighted by Gasteiger charge is -2.22. The van der Waals surface area contributed by atoms with Gasteiger partial charge in [0.1, 0.15) is 0 Å². The van der Waals surface area contributed by atoms with Gasteiger partial charge in [-0.3, -0.25) is 9.88 Å². The van der Waals surface area contributed by atoms with E-state index in [1.165, 1.54) is 12.8 Å². The summed E-state index contributed by atoms with van der Waals surface area (Å²) in [5.74, 6) is 0. The van der Waals surface area contributed by atoms with E-state index in [-0.39, 0.29) is 0 Å². The third-order valence-corrected chi connectivity index (χ3v) is 4.36. The second-order valence-corrected chi connectivity index (χ2v) is 6.11. The molecule has 0 unspecified atom stereocenters. The van der Waals surface area contributed by atoms with Crippen LogP contribution in [0.5, 0.6) is 0 Å². The third-order valence-electron chi connectivity index (χ3n) is 4.36. The van der Waals surface area contributed by atoms with Crippen LogP contribution in [0.15, 0.2) is 30.5 Å². The summed E-state index contributed by atoms with van der Waals surface area (Å²) >= 11 is 0. The van der Waals surface area contributed by atoms with Crippen molar-refractivity contribution in [1.82, 2.24) is 14.9 Å². The molecule has 2 aromatic rings. The van der Waals surface area contributed by atoms with Gasteiger partial charge in [0.25, 0.3) is 0 Å². The fraction of sp³-hybridized carbons (Fsp3) is 0.500. The normalized spacial score (nSPS) is 22.0. The first-order valence-corrected chi connectivity index (χ1v) is 7.34. The van der Waals surface area contributed by atoms with Crippen LogP contribution < -0.4 is 0 Å². The summed E-state index contributed by atoms with van der Waals surface area (Å²) in [5.41, 5.74) is 3.45. The fourth-order valence-corrected chi connectivity index (χ4v) is 3.00. The van der Waals surface area contributed by atoms with Gasteiger partial charge >= 0.3 is 0 Å². The molecule has 1 aliphatic heterocycles. The van der Waals surface area contributed by atoms with E-state index in [0.29, 0.717) is 5.41 Å². The molecule has 104 valence electrons. The van der Waals surface area contributed by atoms with Crippen molar-refractivity contribution in [3.8, 4) is 0 Å². The Bertz CT molecular complexity index is 624. The lowest BCUT2D eigenvalue weighted by molar-refractivity contribution is 0.115. The van der Waals surface area contributed by atoms with Crippen LogP contribution >= 0.6 is 0 Å². The minimum atomic E-state index is 0.445. The van der Waals surface area contributed by atoms with Crippen molar-refractivity contribution in [2.45, 2.75) is 19.4 Å². The molecule has 4 nitrogen and oxygen atoms in total. The summed E-state index contributed by atoms with van der Waals surface area (Å²) in [6, 6.07) is 8.05. The Morgan fingerprint density at radius 2 is 2.05 bits per heavy atom. The van der Waals surface area contributed by atoms with Crippen molar-refractivity contribution in [3.05, 3.63) is 36.2 Å². The highest BCUT2D eigenvalue weighted by Crippen LogP contribution is 2.47. The molecule has 4 rings (SSSR count). The van der Waals surface area contributed by atoms with E-state index < -0.39 is 0 Å². The number of hydrogen-bond acceptors (Lipinski definition) is 4. The predicted octanol–water partition coefficient (Wildman–Crippen LogP) is 2.24. The Kier molecular flexibility index (Phi) is 2.93. The van der Waals surface area contributed by atoms with Gasteiger partial charge in [0.05, 0.1) is 36.1 Å². The maximum Gasteiger partial charge on any atom is 0.0890 e. The van der Waals surface area contributed by atoms with Crippen LogP contribution in [0, 0.1) is 5.41 Å². The summed E-state index contributed by atoms with van der Waals surface area (Å²) in [7, 11) is 0. The van der Waals surface area contributed by atoms with Crippen LogP contribution in [-0.4, -0.2) is 41.2 Å². The fourth-order valence-electron chi connectivity index (χ4n) is 3.00. The summed E-state index contributed by atoms with van der Waals surface area (Å²) in [5, 5.41) is 0. The topological polar surface area (TPSA) is 38.2 Å². The quantitative estimate of drug-likeness (QED) is 0.838. The van der Waals surface area contributed by atoms with Gasteiger partial charge < -0.3 is 4.74 Å². The molecular weight excluding hydrogens is 250 g/mol. The molecule has 0 atom stereocenters. The summed E-state index contributed by atoms with van der Waals surface area (Å²) < 4.78 is 5.73. The number of nitrogens with zero attached hydrogens (tertiary/aromatic N) is 3. The number of benzene rings is 1. The van der Waals surface area contributed by atoms with E-state index >= 15 is 0 Å². The number of aromatic nitrogens is 2. The number of fused-ring (bicyclic) bond motifs is 1. The molecule has 0 bridgehead atoms. The Morgan fingerprint density at radius 1 is 1.20 bits per heavy atom. The number of rotatable bonds is 2. The standard InChI is InChI=1S/C16H19N3O/c1-2-4-15-14(3-1)17-9-13(18-15)10-19-7-8-20-12-16(11-19)5-6-16/h1-4,9H,5-8,10-12H2. The molecule has 20 heavy (non-hydrogen) atoms. The maximum absolute atomic E-state index is 5.73. The van der Waals surface area contributed by atoms with E-state index in [4.69, 9.17) is 9.72 Å². The van der Waals surface area contributed by atoms with Crippen molar-refractivity contribution < 1.29 is 4.74 Å². The second kappa shape index (κ2) is 4.79. The van der Waals surface area contributed by atoms with E-state index in [1.807, 2.05) is 30.5 Å². The lowest BCUT2D eigenvalue weighted by atomic mass is 10.1. The van der Waals surface area contributed by atoms with Crippen molar-refractivity contribution in [1.29, 1.82) is 0 Å². The molecule has 0 N–H and O–H groups in total. The SMILES string of the molecule is c1ccc2nc(CN3CCOCC4(CC4)C3)cnc2c1. The maximum atomic E-state index is 5.73. The molecule has 1 spiro atoms. The van der Waals surface area contributed by atoms with Crippen LogP contribution in [0.3, 0.4) is 0 Å². The molecule has 2 heterocycles. The van der Waals surface area contributed by atoms with Crippen LogP contribution in [-0.2, 0) is 11.3 Å². The molecule has 1 aromatic heterocycles. The van der Waals surface area contributed by atoms with Crippen molar-refractivity contribution in [2.75, 3.05) is 26.3 Å². The first kappa shape index (κ1) is 12.2. The zero-order valence-corrected chi connectivity index (χ0v) is 11.6. The van der Waals surface area contributed by atoms with Crippen LogP contribution in [0.4, 0.5) is 0 Å². The Hall–Kier alpha value is -1.52. The zero-order chi connectivity index (χ0) is 13.4. The van der Waals surface area contributed by atoms with E-state index in [0.717, 1.165) is 49.6 Å². The molecule has 0 amide bonds. The average molecular weight is 269 g/mol. The van der Waals surface area contributed by atoms with Gasteiger partial charge in [-0.05, 0) is 25.0 Å². The molecule has 1 saturated carbocycles. The van der Waals surface area contributed by atoms with E-state index in [2.05, 4.69) is 9.88 Å². The van der Waals surface area contributed by atoms with Crippen LogP contribution in [0.25, 0.3) is 11.0 Å². The molecule has 1 aliphatic carbocycles. The molecule has 0 radical (unpaired) electrons. The number of ether oxygens (including phenoxy) is 1. The van der Waals surface area contributed by atoms with Crippen molar-refractivity contribution in [3.63, 3.8) is 0 Å². The smallest absolute Gasteiger partial charge is 0.0890 e. The van der Waals surface area contributed by atoms with Gasteiger partial charge in [-0.25, -0.2) is 4.98 Å². The highest BCUT2D eigenvalue weighted by atomic mass is 16.5. The zero-order valence-electron chi connectivity index (χ0n) is 11.6. The second-order valence-electron chi connectivity index (χ2n) is 6.11. The average Bonchev–Trinajstić information content (AvgIpc) is 3.26. The highest BCUT2D eigenvalue weighted by molar-refractivity contribution is 5.73. The minimum absolute atomic E-state index is 0.445. The van der Waals surface area contributed by atoms with Gasteiger partial charge in [-0.15, -0.1) is 0 Å². The van der Waals surface area contributed by atoms with Gasteiger partial charge in [-0.2, -0.15) is 0 Å². The lowest BCUT2D eigenvalue weighted by Crippen LogP contribution is -2.30. The third kappa shape index (κ3) is 2.41. The highest BCUT2D eigenvalue weighted by Gasteiger charge is 2.45. The van der Waals surface area contributed by atoms with Gasteiger partial charge in [-0.1, -0.05) is 12.1 Å². The Labute approximate surface area is 118 Å². The molecule has 1 saturated heterocycles. The number of para-hydroxylation sites is 2. The molecule has 4 heteroatoms. The monoisotopic (exact) mass is 269 g/mol. The van der Waals surface area contributed by atoms with Gasteiger partial charge in [0.15, 0.2) is 0 Å².